The van der Waals surface area contributed by atoms with Crippen LogP contribution in [0, 0.1) is 10.7 Å². The maximum absolute atomic E-state index is 12.4. The molecular formula is C15H17I3NNaO4. The summed E-state index contributed by atoms with van der Waals surface area (Å²) < 4.78 is 8.22. The molecule has 0 heterocycles. The number of hydrogen-bond donors (Lipinski definition) is 1. The molecule has 0 unspecified atom stereocenters. The molecule has 0 fully saturated rings. The summed E-state index contributed by atoms with van der Waals surface area (Å²) in [5, 5.41) is 13.4. The molecule has 0 bridgehead atoms. The minimum Gasteiger partial charge on any atom is -0.550 e. The molecule has 1 rings (SSSR count). The number of carbonyl (C=O) groups excluding carboxylic acids is 2. The largest absolute Gasteiger partial charge is 1.00 e. The molecular weight excluding hydrogens is 662 g/mol. The van der Waals surface area contributed by atoms with Crippen LogP contribution < -0.4 is 44.7 Å². The number of amides is 1. The monoisotopic (exact) mass is 679 g/mol. The van der Waals surface area contributed by atoms with Gasteiger partial charge in [-0.3, -0.25) is 4.79 Å². The van der Waals surface area contributed by atoms with Gasteiger partial charge in [0, 0.05) is 16.1 Å². The number of aliphatic carboxylic acids is 1. The number of carboxylic acid groups (broad SMARTS) is 1. The predicted octanol–water partition coefficient (Wildman–Crippen LogP) is -0.0568. The van der Waals surface area contributed by atoms with Crippen molar-refractivity contribution in [3.05, 3.63) is 22.3 Å². The van der Waals surface area contributed by atoms with Crippen molar-refractivity contribution < 1.29 is 49.0 Å². The molecule has 1 aromatic carbocycles. The molecule has 24 heavy (non-hydrogen) atoms. The van der Waals surface area contributed by atoms with Gasteiger partial charge in [0.25, 0.3) is 5.91 Å². The summed E-state index contributed by atoms with van der Waals surface area (Å²) in [5.74, 6) is -0.564. The molecule has 0 aromatic heterocycles. The summed E-state index contributed by atoms with van der Waals surface area (Å²) in [5.41, 5.74) is 0.609. The van der Waals surface area contributed by atoms with Crippen molar-refractivity contribution in [3.63, 3.8) is 0 Å². The van der Waals surface area contributed by atoms with Gasteiger partial charge in [-0.2, -0.15) is 0 Å². The van der Waals surface area contributed by atoms with Crippen LogP contribution in [0.5, 0.6) is 5.75 Å². The first kappa shape index (κ1) is 25.1. The number of hydrogen-bond acceptors (Lipinski definition) is 4. The van der Waals surface area contributed by atoms with Crippen LogP contribution in [0.4, 0.5) is 0 Å². The number of carbonyl (C=O) groups is 2. The minimum atomic E-state index is -1.09. The van der Waals surface area contributed by atoms with E-state index in [1.807, 2.05) is 6.07 Å². The third-order valence-corrected chi connectivity index (χ3v) is 5.62. The maximum atomic E-state index is 12.4. The van der Waals surface area contributed by atoms with Crippen LogP contribution in [0.2, 0.25) is 0 Å². The normalized spacial score (nSPS) is 10.0. The summed E-state index contributed by atoms with van der Waals surface area (Å²) in [7, 11) is 0. The van der Waals surface area contributed by atoms with Crippen LogP contribution in [0.25, 0.3) is 0 Å². The Kier molecular flexibility index (Phi) is 14.0. The van der Waals surface area contributed by atoms with E-state index in [2.05, 4.69) is 80.0 Å². The van der Waals surface area contributed by atoms with E-state index in [1.54, 1.807) is 0 Å². The molecule has 9 heteroatoms. The molecule has 1 amide bonds. The first-order valence-corrected chi connectivity index (χ1v) is 10.4. The van der Waals surface area contributed by atoms with E-state index in [1.165, 1.54) is 0 Å². The van der Waals surface area contributed by atoms with Crippen LogP contribution in [0.1, 0.15) is 43.0 Å². The molecule has 0 saturated carbocycles. The van der Waals surface area contributed by atoms with E-state index >= 15 is 0 Å². The Bertz CT molecular complexity index is 584. The van der Waals surface area contributed by atoms with E-state index in [-0.39, 0.29) is 48.5 Å². The second kappa shape index (κ2) is 13.3. The third-order valence-electron chi connectivity index (χ3n) is 2.94. The van der Waals surface area contributed by atoms with Gasteiger partial charge in [-0.25, -0.2) is 0 Å². The fraction of sp³-hybridized carbons (Fsp3) is 0.467. The van der Waals surface area contributed by atoms with Gasteiger partial charge in [-0.15, -0.1) is 0 Å². The van der Waals surface area contributed by atoms with Crippen LogP contribution in [-0.4, -0.2) is 25.0 Å². The Morgan fingerprint density at radius 3 is 2.46 bits per heavy atom. The Labute approximate surface area is 205 Å². The summed E-state index contributed by atoms with van der Waals surface area (Å²) in [6.07, 6.45) is 2.30. The van der Waals surface area contributed by atoms with Gasteiger partial charge < -0.3 is 20.0 Å². The fourth-order valence-electron chi connectivity index (χ4n) is 1.77. The molecule has 0 spiro atoms. The second-order valence-electron chi connectivity index (χ2n) is 4.79. The first-order chi connectivity index (χ1) is 10.9. The first-order valence-electron chi connectivity index (χ1n) is 7.16. The third kappa shape index (κ3) is 8.23. The second-order valence-corrected chi connectivity index (χ2v) is 8.19. The smallest absolute Gasteiger partial charge is 0.550 e. The summed E-state index contributed by atoms with van der Waals surface area (Å²) >= 11 is 6.41. The van der Waals surface area contributed by atoms with E-state index in [0.717, 1.165) is 23.6 Å². The number of carboxylic acids is 1. The minimum absolute atomic E-state index is 0. The van der Waals surface area contributed by atoms with Crippen LogP contribution in [-0.2, 0) is 4.79 Å². The summed E-state index contributed by atoms with van der Waals surface area (Å²) in [6, 6.07) is 1.89. The average molecular weight is 679 g/mol. The molecule has 0 saturated heterocycles. The zero-order chi connectivity index (χ0) is 17.4. The number of unbranched alkanes of at least 4 members (excludes halogenated alkanes) is 1. The van der Waals surface area contributed by atoms with Crippen molar-refractivity contribution in [2.45, 2.75) is 32.6 Å². The summed E-state index contributed by atoms with van der Waals surface area (Å²) in [4.78, 5) is 22.8. The van der Waals surface area contributed by atoms with Crippen molar-refractivity contribution in [2.24, 2.45) is 0 Å². The van der Waals surface area contributed by atoms with E-state index in [0.29, 0.717) is 24.3 Å². The van der Waals surface area contributed by atoms with Gasteiger partial charge in [-0.05, 0) is 93.1 Å². The van der Waals surface area contributed by atoms with Gasteiger partial charge in [0.2, 0.25) is 0 Å². The van der Waals surface area contributed by atoms with Crippen molar-refractivity contribution in [1.82, 2.24) is 5.32 Å². The molecule has 1 aromatic rings. The van der Waals surface area contributed by atoms with Gasteiger partial charge in [-0.1, -0.05) is 13.3 Å². The molecule has 0 radical (unpaired) electrons. The zero-order valence-electron chi connectivity index (χ0n) is 13.6. The van der Waals surface area contributed by atoms with Crippen molar-refractivity contribution in [3.8, 4) is 5.75 Å². The van der Waals surface area contributed by atoms with Crippen molar-refractivity contribution >= 4 is 79.6 Å². The number of nitrogens with one attached hydrogen (secondary N) is 1. The molecule has 1 N–H and O–H groups in total. The molecule has 0 aliphatic rings. The number of halogens is 3. The van der Waals surface area contributed by atoms with Crippen molar-refractivity contribution in [1.29, 1.82) is 0 Å². The Hall–Kier alpha value is 1.15. The molecule has 128 valence electrons. The van der Waals surface area contributed by atoms with Crippen LogP contribution in [0.15, 0.2) is 6.07 Å². The number of ether oxygens (including phenoxy) is 1. The SMILES string of the molecule is CCCCNC(=O)c1c(I)cc(I)c(OCCCC(=O)[O-])c1I.[Na+]. The van der Waals surface area contributed by atoms with E-state index in [9.17, 15) is 14.7 Å². The maximum Gasteiger partial charge on any atom is 1.00 e. The number of rotatable bonds is 9. The van der Waals surface area contributed by atoms with Crippen molar-refractivity contribution in [2.75, 3.05) is 13.2 Å². The predicted molar refractivity (Wildman–Crippen MR) is 112 cm³/mol. The quantitative estimate of drug-likeness (QED) is 0.226. The average Bonchev–Trinajstić information content (AvgIpc) is 2.45. The van der Waals surface area contributed by atoms with Gasteiger partial charge in [0.1, 0.15) is 5.75 Å². The Morgan fingerprint density at radius 2 is 1.88 bits per heavy atom. The van der Waals surface area contributed by atoms with E-state index in [4.69, 9.17) is 4.74 Å². The molecule has 5 nitrogen and oxygen atoms in total. The molecule has 0 aliphatic heterocycles. The van der Waals surface area contributed by atoms with Gasteiger partial charge in [0.05, 0.1) is 19.3 Å². The number of benzene rings is 1. The summed E-state index contributed by atoms with van der Waals surface area (Å²) in [6.45, 7) is 3.00. The fourth-order valence-corrected chi connectivity index (χ4v) is 5.94. The zero-order valence-corrected chi connectivity index (χ0v) is 22.1. The van der Waals surface area contributed by atoms with Gasteiger partial charge in [0.15, 0.2) is 0 Å². The van der Waals surface area contributed by atoms with Crippen LogP contribution in [0.3, 0.4) is 0 Å². The Morgan fingerprint density at radius 1 is 1.21 bits per heavy atom. The Balaban J connectivity index is 0.00000529. The van der Waals surface area contributed by atoms with Crippen LogP contribution >= 0.6 is 67.8 Å². The van der Waals surface area contributed by atoms with Gasteiger partial charge >= 0.3 is 29.6 Å². The van der Waals surface area contributed by atoms with E-state index < -0.39 is 5.97 Å². The molecule has 0 atom stereocenters. The topological polar surface area (TPSA) is 78.5 Å². The molecule has 0 aliphatic carbocycles. The standard InChI is InChI=1S/C15H18I3NO4.Na/c1-2-3-6-19-15(22)12-9(16)8-10(17)14(13(12)18)23-7-4-5-11(20)21;/h8H,2-7H2,1H3,(H,19,22)(H,20,21);/q;+1/p-1.